The van der Waals surface area contributed by atoms with Gasteiger partial charge < -0.3 is 4.74 Å². The second kappa shape index (κ2) is 3.97. The molecule has 0 unspecified atom stereocenters. The fourth-order valence-electron chi connectivity index (χ4n) is 1.12. The van der Waals surface area contributed by atoms with Gasteiger partial charge in [-0.15, -0.1) is 0 Å². The minimum atomic E-state index is 0.0920. The lowest BCUT2D eigenvalue weighted by Crippen LogP contribution is -2.33. The Kier molecular flexibility index (Phi) is 3.95. The fraction of sp³-hybridized carbons (Fsp3) is 1.00. The molecule has 1 atom stereocenters. The molecule has 0 rings (SSSR count). The summed E-state index contributed by atoms with van der Waals surface area (Å²) in [4.78, 5) is 0. The first-order valence-corrected chi connectivity index (χ1v) is 4.12. The molecular weight excluding hydrogens is 124 g/mol. The number of rotatable bonds is 4. The van der Waals surface area contributed by atoms with Crippen molar-refractivity contribution in [1.82, 2.24) is 0 Å². The van der Waals surface area contributed by atoms with Crippen molar-refractivity contribution in [2.24, 2.45) is 5.92 Å². The molecule has 0 heterocycles. The fourth-order valence-corrected chi connectivity index (χ4v) is 1.12. The van der Waals surface area contributed by atoms with Crippen molar-refractivity contribution in [3.8, 4) is 0 Å². The van der Waals surface area contributed by atoms with Crippen LogP contribution in [0.15, 0.2) is 0 Å². The van der Waals surface area contributed by atoms with Crippen molar-refractivity contribution in [1.29, 1.82) is 0 Å². The Hall–Kier alpha value is -0.0400. The smallest absolute Gasteiger partial charge is 0.0673 e. The van der Waals surface area contributed by atoms with E-state index in [0.29, 0.717) is 5.92 Å². The van der Waals surface area contributed by atoms with Crippen LogP contribution in [0.5, 0.6) is 0 Å². The number of hydrogen-bond donors (Lipinski definition) is 0. The van der Waals surface area contributed by atoms with E-state index in [9.17, 15) is 0 Å². The highest BCUT2D eigenvalue weighted by Crippen LogP contribution is 2.25. The average molecular weight is 144 g/mol. The molecule has 1 heteroatoms. The second-order valence-electron chi connectivity index (χ2n) is 3.42. The molecule has 10 heavy (non-hydrogen) atoms. The summed E-state index contributed by atoms with van der Waals surface area (Å²) in [5.41, 5.74) is 0.0920. The lowest BCUT2D eigenvalue weighted by molar-refractivity contribution is -0.0390. The van der Waals surface area contributed by atoms with E-state index in [-0.39, 0.29) is 5.60 Å². The third kappa shape index (κ3) is 2.30. The van der Waals surface area contributed by atoms with Crippen molar-refractivity contribution in [3.63, 3.8) is 0 Å². The molecule has 0 radical (unpaired) electrons. The van der Waals surface area contributed by atoms with E-state index < -0.39 is 0 Å². The lowest BCUT2D eigenvalue weighted by Gasteiger charge is -2.31. The zero-order valence-corrected chi connectivity index (χ0v) is 7.90. The van der Waals surface area contributed by atoms with Crippen molar-refractivity contribution >= 4 is 0 Å². The van der Waals surface area contributed by atoms with E-state index in [1.54, 1.807) is 7.11 Å². The second-order valence-corrected chi connectivity index (χ2v) is 3.42. The Morgan fingerprint density at radius 3 is 2.00 bits per heavy atom. The van der Waals surface area contributed by atoms with Crippen LogP contribution in [0.2, 0.25) is 0 Å². The highest BCUT2D eigenvalue weighted by atomic mass is 16.5. The monoisotopic (exact) mass is 144 g/mol. The summed E-state index contributed by atoms with van der Waals surface area (Å²) in [6.07, 6.45) is 2.35. The van der Waals surface area contributed by atoms with Gasteiger partial charge in [-0.25, -0.2) is 0 Å². The van der Waals surface area contributed by atoms with Crippen LogP contribution in [0, 0.1) is 5.92 Å². The maximum absolute atomic E-state index is 5.44. The summed E-state index contributed by atoms with van der Waals surface area (Å²) >= 11 is 0. The topological polar surface area (TPSA) is 9.23 Å². The van der Waals surface area contributed by atoms with E-state index in [1.807, 2.05) is 0 Å². The van der Waals surface area contributed by atoms with Crippen LogP contribution in [0.1, 0.15) is 40.5 Å². The number of ether oxygens (including phenoxy) is 1. The lowest BCUT2D eigenvalue weighted by atomic mass is 9.88. The predicted molar refractivity (Wildman–Crippen MR) is 45.2 cm³/mol. The van der Waals surface area contributed by atoms with Gasteiger partial charge in [-0.3, -0.25) is 0 Å². The Morgan fingerprint density at radius 2 is 1.90 bits per heavy atom. The van der Waals surface area contributed by atoms with Crippen molar-refractivity contribution in [2.45, 2.75) is 46.1 Å². The standard InChI is InChI=1S/C9H20O/c1-6-7-9(4,10-5)8(2)3/h8H,6-7H2,1-5H3/t9-/m0/s1. The summed E-state index contributed by atoms with van der Waals surface area (Å²) in [6, 6.07) is 0. The Bertz CT molecular complexity index is 88.7. The molecular formula is C9H20O. The third-order valence-electron chi connectivity index (χ3n) is 2.43. The zero-order valence-electron chi connectivity index (χ0n) is 7.90. The van der Waals surface area contributed by atoms with Crippen LogP contribution in [-0.4, -0.2) is 12.7 Å². The Morgan fingerprint density at radius 1 is 1.40 bits per heavy atom. The molecule has 0 aliphatic rings. The molecule has 0 bridgehead atoms. The first-order chi connectivity index (χ1) is 4.56. The maximum atomic E-state index is 5.44. The predicted octanol–water partition coefficient (Wildman–Crippen LogP) is 2.85. The highest BCUT2D eigenvalue weighted by molar-refractivity contribution is 4.77. The Balaban J connectivity index is 3.94. The van der Waals surface area contributed by atoms with Gasteiger partial charge in [0, 0.05) is 7.11 Å². The molecule has 0 aromatic heterocycles. The summed E-state index contributed by atoms with van der Waals surface area (Å²) in [5.74, 6) is 0.609. The molecule has 0 aliphatic carbocycles. The first-order valence-electron chi connectivity index (χ1n) is 4.12. The van der Waals surface area contributed by atoms with Gasteiger partial charge in [0.05, 0.1) is 5.60 Å². The van der Waals surface area contributed by atoms with Crippen LogP contribution >= 0.6 is 0 Å². The van der Waals surface area contributed by atoms with Crippen LogP contribution in [0.3, 0.4) is 0 Å². The Labute approximate surface area is 64.8 Å². The molecule has 0 N–H and O–H groups in total. The van der Waals surface area contributed by atoms with Gasteiger partial charge in [-0.05, 0) is 19.3 Å². The summed E-state index contributed by atoms with van der Waals surface area (Å²) in [6.45, 7) is 8.79. The van der Waals surface area contributed by atoms with Crippen molar-refractivity contribution in [2.75, 3.05) is 7.11 Å². The minimum Gasteiger partial charge on any atom is -0.378 e. The molecule has 0 amide bonds. The van der Waals surface area contributed by atoms with Gasteiger partial charge >= 0.3 is 0 Å². The zero-order chi connectivity index (χ0) is 8.20. The van der Waals surface area contributed by atoms with E-state index in [4.69, 9.17) is 4.74 Å². The molecule has 0 saturated carbocycles. The van der Waals surface area contributed by atoms with Crippen LogP contribution < -0.4 is 0 Å². The first kappa shape index (κ1) is 9.96. The van der Waals surface area contributed by atoms with Crippen molar-refractivity contribution in [3.05, 3.63) is 0 Å². The van der Waals surface area contributed by atoms with Gasteiger partial charge in [0.15, 0.2) is 0 Å². The molecule has 0 fully saturated rings. The average Bonchev–Trinajstić information content (AvgIpc) is 1.88. The molecule has 0 aromatic rings. The molecule has 62 valence electrons. The summed E-state index contributed by atoms with van der Waals surface area (Å²) in [7, 11) is 1.80. The van der Waals surface area contributed by atoms with E-state index in [1.165, 1.54) is 6.42 Å². The third-order valence-corrected chi connectivity index (χ3v) is 2.43. The van der Waals surface area contributed by atoms with Gasteiger partial charge in [-0.1, -0.05) is 27.2 Å². The SMILES string of the molecule is CCC[C@](C)(OC)C(C)C. The van der Waals surface area contributed by atoms with E-state index in [0.717, 1.165) is 6.42 Å². The van der Waals surface area contributed by atoms with Crippen LogP contribution in [-0.2, 0) is 4.74 Å². The summed E-state index contributed by atoms with van der Waals surface area (Å²) in [5, 5.41) is 0. The van der Waals surface area contributed by atoms with Gasteiger partial charge in [0.2, 0.25) is 0 Å². The molecule has 1 nitrogen and oxygen atoms in total. The largest absolute Gasteiger partial charge is 0.378 e. The molecule has 0 aliphatic heterocycles. The normalized spacial score (nSPS) is 17.4. The van der Waals surface area contributed by atoms with Gasteiger partial charge in [0.1, 0.15) is 0 Å². The van der Waals surface area contributed by atoms with Crippen molar-refractivity contribution < 1.29 is 4.74 Å². The molecule has 0 aromatic carbocycles. The summed E-state index contributed by atoms with van der Waals surface area (Å²) < 4.78 is 5.44. The van der Waals surface area contributed by atoms with Crippen LogP contribution in [0.25, 0.3) is 0 Å². The van der Waals surface area contributed by atoms with Gasteiger partial charge in [-0.2, -0.15) is 0 Å². The minimum absolute atomic E-state index is 0.0920. The number of hydrogen-bond acceptors (Lipinski definition) is 1. The highest BCUT2D eigenvalue weighted by Gasteiger charge is 2.26. The van der Waals surface area contributed by atoms with Crippen LogP contribution in [0.4, 0.5) is 0 Å². The number of methoxy groups -OCH3 is 1. The molecule has 0 saturated heterocycles. The van der Waals surface area contributed by atoms with Gasteiger partial charge in [0.25, 0.3) is 0 Å². The molecule has 0 spiro atoms. The maximum Gasteiger partial charge on any atom is 0.0673 e. The van der Waals surface area contributed by atoms with E-state index in [2.05, 4.69) is 27.7 Å². The van der Waals surface area contributed by atoms with E-state index >= 15 is 0 Å². The quantitative estimate of drug-likeness (QED) is 0.589.